The molecule has 1 nitrogen and oxygen atoms in total. The summed E-state index contributed by atoms with van der Waals surface area (Å²) in [6, 6.07) is 0. The molecule has 0 saturated heterocycles. The van der Waals surface area contributed by atoms with Gasteiger partial charge in [0.25, 0.3) is 0 Å². The Morgan fingerprint density at radius 2 is 1.75 bits per heavy atom. The highest BCUT2D eigenvalue weighted by molar-refractivity contribution is 6.11. The van der Waals surface area contributed by atoms with E-state index in [2.05, 4.69) is 26.1 Å². The maximum Gasteiger partial charge on any atom is 0.0903 e. The standard InChI is InChI=1S/C6H14BN/c1-5(7)8-6(2,3)4/h5,8H,1-4H3. The van der Waals surface area contributed by atoms with E-state index in [4.69, 9.17) is 7.85 Å². The minimum absolute atomic E-state index is 0.0926. The lowest BCUT2D eigenvalue weighted by Gasteiger charge is -2.23. The highest BCUT2D eigenvalue weighted by Gasteiger charge is 2.08. The van der Waals surface area contributed by atoms with E-state index < -0.39 is 0 Å². The maximum absolute atomic E-state index is 5.47. The molecule has 0 aliphatic carbocycles. The summed E-state index contributed by atoms with van der Waals surface area (Å²) in [7, 11) is 5.47. The van der Waals surface area contributed by atoms with Gasteiger partial charge in [-0.3, -0.25) is 0 Å². The highest BCUT2D eigenvalue weighted by Crippen LogP contribution is 1.98. The molecule has 1 atom stereocenters. The van der Waals surface area contributed by atoms with Crippen LogP contribution in [0.5, 0.6) is 0 Å². The van der Waals surface area contributed by atoms with Crippen molar-refractivity contribution in [1.29, 1.82) is 0 Å². The molecule has 0 amide bonds. The number of nitrogens with one attached hydrogen (secondary N) is 1. The van der Waals surface area contributed by atoms with E-state index in [-0.39, 0.29) is 11.5 Å². The molecule has 0 aliphatic heterocycles. The Bertz CT molecular complexity index is 63.4. The molecule has 0 fully saturated rings. The van der Waals surface area contributed by atoms with Gasteiger partial charge in [0.1, 0.15) is 0 Å². The van der Waals surface area contributed by atoms with E-state index in [9.17, 15) is 0 Å². The first-order chi connectivity index (χ1) is 3.42. The van der Waals surface area contributed by atoms with Gasteiger partial charge in [-0.2, -0.15) is 0 Å². The average Bonchev–Trinajstić information content (AvgIpc) is 1.21. The van der Waals surface area contributed by atoms with Crippen molar-refractivity contribution in [2.45, 2.75) is 39.2 Å². The Morgan fingerprint density at radius 1 is 1.38 bits per heavy atom. The lowest BCUT2D eigenvalue weighted by atomic mass is 9.95. The number of hydrogen-bond acceptors (Lipinski definition) is 1. The summed E-state index contributed by atoms with van der Waals surface area (Å²) in [5, 5.41) is 3.16. The van der Waals surface area contributed by atoms with E-state index in [1.165, 1.54) is 0 Å². The minimum Gasteiger partial charge on any atom is -0.318 e. The van der Waals surface area contributed by atoms with Crippen molar-refractivity contribution >= 4 is 7.85 Å². The van der Waals surface area contributed by atoms with E-state index in [1.54, 1.807) is 0 Å². The summed E-state index contributed by atoms with van der Waals surface area (Å²) >= 11 is 0. The molecule has 0 rings (SSSR count). The van der Waals surface area contributed by atoms with Gasteiger partial charge in [-0.1, -0.05) is 6.92 Å². The van der Waals surface area contributed by atoms with Gasteiger partial charge in [0.15, 0.2) is 0 Å². The van der Waals surface area contributed by atoms with Crippen LogP contribution < -0.4 is 5.32 Å². The molecule has 0 saturated carbocycles. The molecule has 46 valence electrons. The van der Waals surface area contributed by atoms with Crippen molar-refractivity contribution in [3.63, 3.8) is 0 Å². The Labute approximate surface area is 53.3 Å². The van der Waals surface area contributed by atoms with Gasteiger partial charge < -0.3 is 5.32 Å². The molecule has 0 aromatic rings. The SMILES string of the molecule is [B]C(C)NC(C)(C)C. The van der Waals surface area contributed by atoms with Gasteiger partial charge in [0.05, 0.1) is 7.85 Å². The predicted molar refractivity (Wildman–Crippen MR) is 38.1 cm³/mol. The van der Waals surface area contributed by atoms with Crippen molar-refractivity contribution in [1.82, 2.24) is 5.32 Å². The van der Waals surface area contributed by atoms with Gasteiger partial charge in [0, 0.05) is 5.54 Å². The first-order valence-corrected chi connectivity index (χ1v) is 2.95. The second-order valence-electron chi connectivity index (χ2n) is 3.18. The molecule has 0 bridgehead atoms. The van der Waals surface area contributed by atoms with Crippen LogP contribution >= 0.6 is 0 Å². The molecule has 0 heterocycles. The van der Waals surface area contributed by atoms with Gasteiger partial charge in [0.2, 0.25) is 0 Å². The largest absolute Gasteiger partial charge is 0.318 e. The third-order valence-electron chi connectivity index (χ3n) is 0.661. The normalized spacial score (nSPS) is 16.0. The minimum atomic E-state index is 0.0926. The molecule has 0 aliphatic rings. The Hall–Kier alpha value is 0.0249. The molecule has 8 heavy (non-hydrogen) atoms. The Morgan fingerprint density at radius 3 is 1.75 bits per heavy atom. The molecular weight excluding hydrogens is 96.9 g/mol. The predicted octanol–water partition coefficient (Wildman–Crippen LogP) is 0.889. The van der Waals surface area contributed by atoms with Crippen LogP contribution in [0.25, 0.3) is 0 Å². The number of hydrogen-bond donors (Lipinski definition) is 1. The second kappa shape index (κ2) is 2.54. The van der Waals surface area contributed by atoms with Crippen molar-refractivity contribution in [3.8, 4) is 0 Å². The van der Waals surface area contributed by atoms with E-state index in [0.29, 0.717) is 0 Å². The lowest BCUT2D eigenvalue weighted by Crippen LogP contribution is -2.42. The van der Waals surface area contributed by atoms with Crippen LogP contribution in [0.3, 0.4) is 0 Å². The van der Waals surface area contributed by atoms with E-state index >= 15 is 0 Å². The fourth-order valence-corrected chi connectivity index (χ4v) is 0.683. The van der Waals surface area contributed by atoms with E-state index in [0.717, 1.165) is 0 Å². The van der Waals surface area contributed by atoms with Crippen LogP contribution in [-0.4, -0.2) is 19.3 Å². The molecule has 1 unspecified atom stereocenters. The first-order valence-electron chi connectivity index (χ1n) is 2.95. The monoisotopic (exact) mass is 111 g/mol. The van der Waals surface area contributed by atoms with Crippen LogP contribution in [-0.2, 0) is 0 Å². The van der Waals surface area contributed by atoms with Crippen molar-refractivity contribution < 1.29 is 0 Å². The molecule has 2 heteroatoms. The smallest absolute Gasteiger partial charge is 0.0903 e. The summed E-state index contributed by atoms with van der Waals surface area (Å²) in [6.07, 6.45) is 0. The van der Waals surface area contributed by atoms with Crippen LogP contribution in [0, 0.1) is 0 Å². The fourth-order valence-electron chi connectivity index (χ4n) is 0.683. The van der Waals surface area contributed by atoms with Crippen LogP contribution in [0.1, 0.15) is 27.7 Å². The molecule has 0 spiro atoms. The Kier molecular flexibility index (Phi) is 2.55. The van der Waals surface area contributed by atoms with Crippen LogP contribution in [0.4, 0.5) is 0 Å². The zero-order valence-electron chi connectivity index (χ0n) is 6.15. The van der Waals surface area contributed by atoms with Crippen molar-refractivity contribution in [2.75, 3.05) is 0 Å². The summed E-state index contributed by atoms with van der Waals surface area (Å²) in [5.74, 6) is 0.0926. The zero-order valence-corrected chi connectivity index (χ0v) is 6.15. The zero-order chi connectivity index (χ0) is 6.78. The topological polar surface area (TPSA) is 12.0 Å². The van der Waals surface area contributed by atoms with Crippen LogP contribution in [0.15, 0.2) is 0 Å². The third kappa shape index (κ3) is 6.02. The van der Waals surface area contributed by atoms with Crippen molar-refractivity contribution in [3.05, 3.63) is 0 Å². The highest BCUT2D eigenvalue weighted by atomic mass is 15.0. The fraction of sp³-hybridized carbons (Fsp3) is 1.00. The van der Waals surface area contributed by atoms with Gasteiger partial charge in [-0.25, -0.2) is 0 Å². The third-order valence-corrected chi connectivity index (χ3v) is 0.661. The second-order valence-corrected chi connectivity index (χ2v) is 3.18. The van der Waals surface area contributed by atoms with Gasteiger partial charge in [-0.05, 0) is 26.7 Å². The summed E-state index contributed by atoms with van der Waals surface area (Å²) in [5.41, 5.74) is 0.147. The average molecular weight is 111 g/mol. The molecule has 0 aromatic heterocycles. The first kappa shape index (κ1) is 8.02. The molecule has 1 N–H and O–H groups in total. The summed E-state index contributed by atoms with van der Waals surface area (Å²) in [6.45, 7) is 8.22. The molecule has 0 aromatic carbocycles. The quantitative estimate of drug-likeness (QED) is 0.495. The van der Waals surface area contributed by atoms with E-state index in [1.807, 2.05) is 6.92 Å². The number of rotatable bonds is 1. The van der Waals surface area contributed by atoms with Crippen LogP contribution in [0.2, 0.25) is 0 Å². The molecular formula is C6H14BN. The summed E-state index contributed by atoms with van der Waals surface area (Å²) < 4.78 is 0. The molecule has 2 radical (unpaired) electrons. The van der Waals surface area contributed by atoms with Crippen molar-refractivity contribution in [2.24, 2.45) is 0 Å². The lowest BCUT2D eigenvalue weighted by molar-refractivity contribution is 0.421. The van der Waals surface area contributed by atoms with Gasteiger partial charge in [-0.15, -0.1) is 0 Å². The van der Waals surface area contributed by atoms with Gasteiger partial charge >= 0.3 is 0 Å². The summed E-state index contributed by atoms with van der Waals surface area (Å²) in [4.78, 5) is 0. The Balaban J connectivity index is 3.39. The maximum atomic E-state index is 5.47.